The summed E-state index contributed by atoms with van der Waals surface area (Å²) >= 11 is 1.33. The lowest BCUT2D eigenvalue weighted by Crippen LogP contribution is -2.19. The SMILES string of the molecule is CC(C)n1c(Sc2cc(N)nc(C3CC3)n2)n[nH]c1=O. The third kappa shape index (κ3) is 2.55. The molecule has 1 saturated carbocycles. The molecule has 1 aliphatic rings. The maximum Gasteiger partial charge on any atom is 0.344 e. The maximum atomic E-state index is 11.7. The molecule has 20 heavy (non-hydrogen) atoms. The van der Waals surface area contributed by atoms with E-state index in [1.807, 2.05) is 13.8 Å². The third-order valence-electron chi connectivity index (χ3n) is 3.07. The Kier molecular flexibility index (Phi) is 3.25. The first kappa shape index (κ1) is 13.2. The minimum atomic E-state index is -0.216. The van der Waals surface area contributed by atoms with Crippen molar-refractivity contribution >= 4 is 17.6 Å². The van der Waals surface area contributed by atoms with Crippen LogP contribution in [0, 0.1) is 0 Å². The summed E-state index contributed by atoms with van der Waals surface area (Å²) in [5.41, 5.74) is 5.60. The molecule has 0 unspecified atom stereocenters. The van der Waals surface area contributed by atoms with Gasteiger partial charge in [-0.25, -0.2) is 19.9 Å². The molecule has 0 atom stereocenters. The second-order valence-corrected chi connectivity index (χ2v) is 6.13. The summed E-state index contributed by atoms with van der Waals surface area (Å²) in [5, 5.41) is 7.81. The average Bonchev–Trinajstić information content (AvgIpc) is 3.14. The van der Waals surface area contributed by atoms with E-state index in [2.05, 4.69) is 20.2 Å². The van der Waals surface area contributed by atoms with Gasteiger partial charge < -0.3 is 5.73 Å². The highest BCUT2D eigenvalue weighted by atomic mass is 32.2. The Balaban J connectivity index is 1.93. The highest BCUT2D eigenvalue weighted by Crippen LogP contribution is 2.39. The number of hydrogen-bond acceptors (Lipinski definition) is 6. The summed E-state index contributed by atoms with van der Waals surface area (Å²) in [6.07, 6.45) is 2.24. The van der Waals surface area contributed by atoms with Gasteiger partial charge in [-0.05, 0) is 38.5 Å². The Bertz CT molecular complexity index is 687. The molecule has 0 aromatic carbocycles. The number of rotatable bonds is 4. The first-order valence-electron chi connectivity index (χ1n) is 6.54. The fraction of sp³-hybridized carbons (Fsp3) is 0.500. The van der Waals surface area contributed by atoms with E-state index in [9.17, 15) is 4.79 Å². The van der Waals surface area contributed by atoms with Crippen molar-refractivity contribution in [3.8, 4) is 0 Å². The van der Waals surface area contributed by atoms with Crippen LogP contribution >= 0.6 is 11.8 Å². The number of anilines is 1. The van der Waals surface area contributed by atoms with Gasteiger partial charge in [-0.2, -0.15) is 0 Å². The Morgan fingerprint density at radius 1 is 1.45 bits per heavy atom. The standard InChI is InChI=1S/C12H16N6OS/c1-6(2)18-11(19)16-17-12(18)20-9-5-8(13)14-10(15-9)7-3-4-7/h5-7H,3-4H2,1-2H3,(H,16,19)(H2,13,14,15). The van der Waals surface area contributed by atoms with Gasteiger partial charge in [0.2, 0.25) is 0 Å². The van der Waals surface area contributed by atoms with E-state index >= 15 is 0 Å². The fourth-order valence-electron chi connectivity index (χ4n) is 1.95. The van der Waals surface area contributed by atoms with E-state index in [1.54, 1.807) is 10.6 Å². The van der Waals surface area contributed by atoms with Crippen molar-refractivity contribution in [1.29, 1.82) is 0 Å². The van der Waals surface area contributed by atoms with Crippen molar-refractivity contribution in [3.63, 3.8) is 0 Å². The maximum absolute atomic E-state index is 11.7. The number of nitrogen functional groups attached to an aromatic ring is 1. The summed E-state index contributed by atoms with van der Waals surface area (Å²) in [6.45, 7) is 3.87. The zero-order chi connectivity index (χ0) is 14.3. The highest BCUT2D eigenvalue weighted by molar-refractivity contribution is 7.99. The highest BCUT2D eigenvalue weighted by Gasteiger charge is 2.27. The molecule has 7 nitrogen and oxygen atoms in total. The Hall–Kier alpha value is -1.83. The largest absolute Gasteiger partial charge is 0.384 e. The van der Waals surface area contributed by atoms with Crippen molar-refractivity contribution in [2.45, 2.75) is 48.8 Å². The van der Waals surface area contributed by atoms with Gasteiger partial charge in [0.15, 0.2) is 5.16 Å². The molecule has 106 valence electrons. The van der Waals surface area contributed by atoms with Crippen LogP contribution in [0.15, 0.2) is 21.0 Å². The number of nitrogens with one attached hydrogen (secondary N) is 1. The zero-order valence-electron chi connectivity index (χ0n) is 11.3. The van der Waals surface area contributed by atoms with Crippen LogP contribution < -0.4 is 11.4 Å². The summed E-state index contributed by atoms with van der Waals surface area (Å²) in [7, 11) is 0. The number of aromatic nitrogens is 5. The van der Waals surface area contributed by atoms with Gasteiger partial charge in [0, 0.05) is 18.0 Å². The van der Waals surface area contributed by atoms with Crippen LogP contribution in [0.2, 0.25) is 0 Å². The third-order valence-corrected chi connectivity index (χ3v) is 3.96. The molecule has 0 aliphatic heterocycles. The van der Waals surface area contributed by atoms with Gasteiger partial charge in [0.1, 0.15) is 16.7 Å². The monoisotopic (exact) mass is 292 g/mol. The molecule has 3 N–H and O–H groups in total. The van der Waals surface area contributed by atoms with Crippen LogP contribution in [0.25, 0.3) is 0 Å². The molecule has 2 aromatic rings. The number of aromatic amines is 1. The van der Waals surface area contributed by atoms with Crippen molar-refractivity contribution in [3.05, 3.63) is 22.4 Å². The topological polar surface area (TPSA) is 102 Å². The summed E-state index contributed by atoms with van der Waals surface area (Å²) < 4.78 is 1.60. The average molecular weight is 292 g/mol. The molecule has 8 heteroatoms. The summed E-state index contributed by atoms with van der Waals surface area (Å²) in [5.74, 6) is 1.68. The van der Waals surface area contributed by atoms with Crippen LogP contribution in [0.4, 0.5) is 5.82 Å². The molecule has 0 spiro atoms. The van der Waals surface area contributed by atoms with Gasteiger partial charge in [0.25, 0.3) is 0 Å². The Labute approximate surface area is 120 Å². The van der Waals surface area contributed by atoms with Gasteiger partial charge in [-0.15, -0.1) is 5.10 Å². The molecule has 3 rings (SSSR count). The predicted octanol–water partition coefficient (Wildman–Crippen LogP) is 1.55. The molecule has 1 fully saturated rings. The van der Waals surface area contributed by atoms with E-state index in [-0.39, 0.29) is 11.7 Å². The van der Waals surface area contributed by atoms with E-state index in [0.29, 0.717) is 16.9 Å². The molecule has 0 radical (unpaired) electrons. The minimum Gasteiger partial charge on any atom is -0.384 e. The quantitative estimate of drug-likeness (QED) is 0.829. The first-order valence-corrected chi connectivity index (χ1v) is 7.35. The number of nitrogens with zero attached hydrogens (tertiary/aromatic N) is 4. The van der Waals surface area contributed by atoms with Crippen LogP contribution in [0.1, 0.15) is 44.5 Å². The smallest absolute Gasteiger partial charge is 0.344 e. The summed E-state index contributed by atoms with van der Waals surface area (Å²) in [4.78, 5) is 20.5. The molecule has 2 aromatic heterocycles. The van der Waals surface area contributed by atoms with Crippen molar-refractivity contribution < 1.29 is 0 Å². The molecule has 2 heterocycles. The lowest BCUT2D eigenvalue weighted by Gasteiger charge is -2.08. The predicted molar refractivity (Wildman–Crippen MR) is 75.8 cm³/mol. The van der Waals surface area contributed by atoms with E-state index in [0.717, 1.165) is 23.7 Å². The van der Waals surface area contributed by atoms with E-state index < -0.39 is 0 Å². The van der Waals surface area contributed by atoms with Crippen molar-refractivity contribution in [1.82, 2.24) is 24.7 Å². The summed E-state index contributed by atoms with van der Waals surface area (Å²) in [6, 6.07) is 1.74. The van der Waals surface area contributed by atoms with Gasteiger partial charge in [0.05, 0.1) is 0 Å². The van der Waals surface area contributed by atoms with E-state index in [1.165, 1.54) is 11.8 Å². The van der Waals surface area contributed by atoms with Crippen molar-refractivity contribution in [2.24, 2.45) is 0 Å². The number of nitrogens with two attached hydrogens (primary N) is 1. The molecule has 0 saturated heterocycles. The second kappa shape index (κ2) is 4.93. The molecule has 0 bridgehead atoms. The molecule has 1 aliphatic carbocycles. The lowest BCUT2D eigenvalue weighted by molar-refractivity contribution is 0.534. The van der Waals surface area contributed by atoms with Gasteiger partial charge in [-0.3, -0.25) is 4.57 Å². The fourth-order valence-corrected chi connectivity index (χ4v) is 2.94. The minimum absolute atomic E-state index is 0.0332. The number of hydrogen-bond donors (Lipinski definition) is 2. The zero-order valence-corrected chi connectivity index (χ0v) is 12.1. The Morgan fingerprint density at radius 2 is 2.20 bits per heavy atom. The normalized spacial score (nSPS) is 14.9. The first-order chi connectivity index (χ1) is 9.54. The molecular weight excluding hydrogens is 276 g/mol. The van der Waals surface area contributed by atoms with Crippen LogP contribution in [-0.2, 0) is 0 Å². The van der Waals surface area contributed by atoms with E-state index in [4.69, 9.17) is 5.73 Å². The molecular formula is C12H16N6OS. The van der Waals surface area contributed by atoms with Crippen molar-refractivity contribution in [2.75, 3.05) is 5.73 Å². The Morgan fingerprint density at radius 3 is 2.85 bits per heavy atom. The van der Waals surface area contributed by atoms with Gasteiger partial charge in [-0.1, -0.05) is 0 Å². The van der Waals surface area contributed by atoms with Gasteiger partial charge >= 0.3 is 5.69 Å². The lowest BCUT2D eigenvalue weighted by atomic mass is 10.4. The van der Waals surface area contributed by atoms with Crippen LogP contribution in [0.5, 0.6) is 0 Å². The molecule has 0 amide bonds. The van der Waals surface area contributed by atoms with Crippen LogP contribution in [-0.4, -0.2) is 24.7 Å². The second-order valence-electron chi connectivity index (χ2n) is 5.14. The number of H-pyrrole nitrogens is 1. The van der Waals surface area contributed by atoms with Crippen LogP contribution in [0.3, 0.4) is 0 Å².